The Balaban J connectivity index is 0.000000354. The van der Waals surface area contributed by atoms with Crippen molar-refractivity contribution in [1.82, 2.24) is 9.55 Å². The van der Waals surface area contributed by atoms with E-state index in [1.54, 1.807) is 0 Å². The standard InChI is InChI=1S/C16H11N2.C6H7.2ClH.Zr/c1-2-6-13-10-14(9-12(13)5-1)18-11-17-15-7-3-4-8-16(15)18;1-6-4-2-3-5-6;;;/h1-11H;2,4H,3H2,1H3;2*1H;/q2*-1;;;+4/p-2. The monoisotopic (exact) mass is 470 g/mol. The third-order valence-corrected chi connectivity index (χ3v) is 4.20. The molecule has 0 atom stereocenters. The van der Waals surface area contributed by atoms with Crippen molar-refractivity contribution in [2.75, 3.05) is 0 Å². The van der Waals surface area contributed by atoms with E-state index in [-0.39, 0.29) is 51.0 Å². The van der Waals surface area contributed by atoms with Crippen molar-refractivity contribution < 1.29 is 51.0 Å². The molecule has 0 saturated heterocycles. The first-order valence-corrected chi connectivity index (χ1v) is 8.13. The molecule has 5 rings (SSSR count). The van der Waals surface area contributed by atoms with Gasteiger partial charge in [0.1, 0.15) is 0 Å². The van der Waals surface area contributed by atoms with Crippen molar-refractivity contribution in [3.8, 4) is 5.69 Å². The van der Waals surface area contributed by atoms with E-state index in [4.69, 9.17) is 0 Å². The van der Waals surface area contributed by atoms with Crippen molar-refractivity contribution >= 4 is 21.8 Å². The van der Waals surface area contributed by atoms with E-state index in [0.29, 0.717) is 0 Å². The molecular formula is C22H18Cl2N2Zr. The van der Waals surface area contributed by atoms with Crippen LogP contribution in [0.3, 0.4) is 0 Å². The number of aromatic nitrogens is 2. The zero-order valence-corrected chi connectivity index (χ0v) is 18.8. The van der Waals surface area contributed by atoms with Gasteiger partial charge in [-0.3, -0.25) is 6.08 Å². The number of allylic oxidation sites excluding steroid dienone is 4. The largest absolute Gasteiger partial charge is 4.00 e. The van der Waals surface area contributed by atoms with Crippen molar-refractivity contribution in [2.45, 2.75) is 13.3 Å². The number of imidazole rings is 1. The Kier molecular flexibility index (Phi) is 9.32. The Hall–Kier alpha value is -1.54. The fraction of sp³-hybridized carbons (Fsp3) is 0.0909. The molecule has 1 aliphatic rings. The molecule has 5 heteroatoms. The van der Waals surface area contributed by atoms with Crippen molar-refractivity contribution in [2.24, 2.45) is 0 Å². The summed E-state index contributed by atoms with van der Waals surface area (Å²) in [4.78, 5) is 4.43. The van der Waals surface area contributed by atoms with E-state index < -0.39 is 0 Å². The van der Waals surface area contributed by atoms with Crippen LogP contribution in [0.4, 0.5) is 0 Å². The van der Waals surface area contributed by atoms with Gasteiger partial charge in [0, 0.05) is 0 Å². The summed E-state index contributed by atoms with van der Waals surface area (Å²) in [5, 5.41) is 2.54. The Morgan fingerprint density at radius 3 is 2.44 bits per heavy atom. The van der Waals surface area contributed by atoms with Crippen molar-refractivity contribution in [3.63, 3.8) is 0 Å². The van der Waals surface area contributed by atoms with E-state index in [2.05, 4.69) is 77.2 Å². The van der Waals surface area contributed by atoms with Crippen LogP contribution in [0.2, 0.25) is 0 Å². The van der Waals surface area contributed by atoms with Crippen LogP contribution >= 0.6 is 0 Å². The number of hydrogen-bond donors (Lipinski definition) is 0. The molecular weight excluding hydrogens is 454 g/mol. The van der Waals surface area contributed by atoms with E-state index in [1.807, 2.05) is 24.5 Å². The van der Waals surface area contributed by atoms with Gasteiger partial charge in [-0.05, 0) is 17.8 Å². The van der Waals surface area contributed by atoms with Gasteiger partial charge < -0.3 is 29.4 Å². The second-order valence-electron chi connectivity index (χ2n) is 5.91. The Morgan fingerprint density at radius 1 is 1.04 bits per heavy atom. The molecule has 2 nitrogen and oxygen atoms in total. The summed E-state index contributed by atoms with van der Waals surface area (Å²) in [6, 6.07) is 21.0. The minimum Gasteiger partial charge on any atom is -1.00 e. The molecule has 0 radical (unpaired) electrons. The summed E-state index contributed by atoms with van der Waals surface area (Å²) >= 11 is 0. The van der Waals surface area contributed by atoms with Gasteiger partial charge >= 0.3 is 26.2 Å². The molecule has 3 aromatic carbocycles. The predicted octanol–water partition coefficient (Wildman–Crippen LogP) is -0.401. The molecule has 0 saturated carbocycles. The third-order valence-electron chi connectivity index (χ3n) is 4.20. The number of halogens is 2. The Morgan fingerprint density at radius 2 is 1.78 bits per heavy atom. The normalized spacial score (nSPS) is 11.7. The summed E-state index contributed by atoms with van der Waals surface area (Å²) in [7, 11) is 0. The maximum Gasteiger partial charge on any atom is 4.00 e. The Bertz CT molecular complexity index is 1020. The molecule has 0 N–H and O–H groups in total. The fourth-order valence-electron chi connectivity index (χ4n) is 2.95. The molecule has 4 aromatic rings. The minimum absolute atomic E-state index is 0. The molecule has 27 heavy (non-hydrogen) atoms. The fourth-order valence-corrected chi connectivity index (χ4v) is 2.95. The number of nitrogens with zero attached hydrogens (tertiary/aromatic N) is 2. The average molecular weight is 473 g/mol. The molecule has 0 spiro atoms. The summed E-state index contributed by atoms with van der Waals surface area (Å²) in [6.07, 6.45) is 10.2. The molecule has 0 amide bonds. The number of rotatable bonds is 1. The Labute approximate surface area is 191 Å². The molecule has 1 aromatic heterocycles. The van der Waals surface area contributed by atoms with Gasteiger partial charge in [0.15, 0.2) is 0 Å². The molecule has 0 aliphatic heterocycles. The van der Waals surface area contributed by atoms with Crippen LogP contribution < -0.4 is 24.8 Å². The van der Waals surface area contributed by atoms with Crippen molar-refractivity contribution in [1.29, 1.82) is 0 Å². The van der Waals surface area contributed by atoms with Crippen LogP contribution in [0, 0.1) is 6.08 Å². The second kappa shape index (κ2) is 10.7. The molecule has 0 fully saturated rings. The van der Waals surface area contributed by atoms with E-state index in [0.717, 1.165) is 17.5 Å². The average Bonchev–Trinajstić information content (AvgIpc) is 3.33. The first-order valence-electron chi connectivity index (χ1n) is 8.13. The predicted molar refractivity (Wildman–Crippen MR) is 100 cm³/mol. The molecule has 1 aliphatic carbocycles. The van der Waals surface area contributed by atoms with E-state index in [1.165, 1.54) is 22.0 Å². The minimum atomic E-state index is 0. The van der Waals surface area contributed by atoms with Gasteiger partial charge in [0.25, 0.3) is 0 Å². The van der Waals surface area contributed by atoms with Gasteiger partial charge in [-0.1, -0.05) is 25.1 Å². The first-order chi connectivity index (χ1) is 11.8. The van der Waals surface area contributed by atoms with Gasteiger partial charge in [0.2, 0.25) is 0 Å². The maximum absolute atomic E-state index is 4.43. The van der Waals surface area contributed by atoms with Crippen molar-refractivity contribution in [3.05, 3.63) is 90.8 Å². The smallest absolute Gasteiger partial charge is 1.00 e. The molecule has 134 valence electrons. The maximum atomic E-state index is 4.43. The van der Waals surface area contributed by atoms with Crippen LogP contribution in [-0.2, 0) is 26.2 Å². The number of fused-ring (bicyclic) bond motifs is 2. The summed E-state index contributed by atoms with van der Waals surface area (Å²) in [5.74, 6) is 0. The van der Waals surface area contributed by atoms with E-state index >= 15 is 0 Å². The second-order valence-corrected chi connectivity index (χ2v) is 5.91. The first kappa shape index (κ1) is 23.5. The zero-order chi connectivity index (χ0) is 16.4. The van der Waals surface area contributed by atoms with Gasteiger partial charge in [-0.15, -0.1) is 47.5 Å². The topological polar surface area (TPSA) is 17.8 Å². The van der Waals surface area contributed by atoms with Crippen LogP contribution in [-0.4, -0.2) is 9.55 Å². The summed E-state index contributed by atoms with van der Waals surface area (Å²) in [6.45, 7) is 2.06. The van der Waals surface area contributed by atoms with Gasteiger partial charge in [-0.2, -0.15) is 6.08 Å². The van der Waals surface area contributed by atoms with Crippen LogP contribution in [0.25, 0.3) is 27.5 Å². The SMILES string of the molecule is CC1=[C-]CC=C1.[Cl-].[Cl-].[Zr+4].c1ccc2[cH-]c(-n3cnc4ccccc43)cc2c1. The zero-order valence-electron chi connectivity index (χ0n) is 14.9. The van der Waals surface area contributed by atoms with Gasteiger partial charge in [-0.25, -0.2) is 16.6 Å². The van der Waals surface area contributed by atoms with Gasteiger partial charge in [0.05, 0.1) is 17.4 Å². The summed E-state index contributed by atoms with van der Waals surface area (Å²) < 4.78 is 2.13. The van der Waals surface area contributed by atoms with Crippen LogP contribution in [0.1, 0.15) is 13.3 Å². The molecule has 0 bridgehead atoms. The van der Waals surface area contributed by atoms with Crippen LogP contribution in [0.15, 0.2) is 84.7 Å². The number of hydrogen-bond acceptors (Lipinski definition) is 1. The third kappa shape index (κ3) is 5.26. The van der Waals surface area contributed by atoms with E-state index in [9.17, 15) is 0 Å². The number of benzene rings is 2. The molecule has 0 unspecified atom stereocenters. The number of para-hydroxylation sites is 2. The molecule has 1 heterocycles. The quantitative estimate of drug-likeness (QED) is 0.345. The van der Waals surface area contributed by atoms with Crippen LogP contribution in [0.5, 0.6) is 0 Å². The summed E-state index contributed by atoms with van der Waals surface area (Å²) in [5.41, 5.74) is 4.62.